The fourth-order valence-corrected chi connectivity index (χ4v) is 4.65. The number of piperidine rings is 1. The molecule has 3 aromatic rings. The zero-order valence-electron chi connectivity index (χ0n) is 18.8. The third-order valence-corrected chi connectivity index (χ3v) is 6.78. The molecule has 2 N–H and O–H groups in total. The summed E-state index contributed by atoms with van der Waals surface area (Å²) < 4.78 is 0. The van der Waals surface area contributed by atoms with E-state index in [0.717, 1.165) is 31.4 Å². The number of aryl methyl sites for hydroxylation is 1. The maximum Gasteiger partial charge on any atom is 0.265 e. The summed E-state index contributed by atoms with van der Waals surface area (Å²) in [6.07, 6.45) is 3.23. The third kappa shape index (κ3) is 5.31. The molecule has 3 amide bonds. The molecule has 2 heterocycles. The summed E-state index contributed by atoms with van der Waals surface area (Å²) in [5, 5.41) is 7.57. The van der Waals surface area contributed by atoms with E-state index in [1.165, 1.54) is 11.3 Å². The summed E-state index contributed by atoms with van der Waals surface area (Å²) in [7, 11) is 0. The molecular formula is C26H27N3O3S. The molecule has 1 unspecified atom stereocenters. The summed E-state index contributed by atoms with van der Waals surface area (Å²) >= 11 is 1.36. The summed E-state index contributed by atoms with van der Waals surface area (Å²) in [4.78, 5) is 40.6. The number of nitrogens with zero attached hydrogens (tertiary/aromatic N) is 1. The van der Waals surface area contributed by atoms with Gasteiger partial charge in [0.25, 0.3) is 17.7 Å². The predicted octanol–water partition coefficient (Wildman–Crippen LogP) is 5.58. The van der Waals surface area contributed by atoms with E-state index in [0.29, 0.717) is 27.4 Å². The average Bonchev–Trinajstić information content (AvgIpc) is 3.36. The second-order valence-corrected chi connectivity index (χ2v) is 9.29. The predicted molar refractivity (Wildman–Crippen MR) is 132 cm³/mol. The van der Waals surface area contributed by atoms with Gasteiger partial charge in [0.05, 0.1) is 4.88 Å². The molecule has 1 aliphatic heterocycles. The first-order valence-corrected chi connectivity index (χ1v) is 12.0. The molecule has 0 aliphatic carbocycles. The minimum Gasteiger partial charge on any atom is -0.336 e. The highest BCUT2D eigenvalue weighted by atomic mass is 32.1. The Morgan fingerprint density at radius 2 is 1.79 bits per heavy atom. The van der Waals surface area contributed by atoms with Crippen LogP contribution in [0.25, 0.3) is 0 Å². The lowest BCUT2D eigenvalue weighted by atomic mass is 10.0. The Kier molecular flexibility index (Phi) is 6.89. The Bertz CT molecular complexity index is 1170. The van der Waals surface area contributed by atoms with Crippen molar-refractivity contribution in [1.29, 1.82) is 0 Å². The first-order valence-electron chi connectivity index (χ1n) is 11.1. The molecule has 1 atom stereocenters. The van der Waals surface area contributed by atoms with Crippen LogP contribution in [0.3, 0.4) is 0 Å². The van der Waals surface area contributed by atoms with E-state index in [4.69, 9.17) is 0 Å². The van der Waals surface area contributed by atoms with Crippen LogP contribution in [0.2, 0.25) is 0 Å². The molecule has 1 fully saturated rings. The van der Waals surface area contributed by atoms with Crippen LogP contribution in [0, 0.1) is 6.92 Å². The summed E-state index contributed by atoms with van der Waals surface area (Å²) in [5.41, 5.74) is 3.09. The van der Waals surface area contributed by atoms with Crippen molar-refractivity contribution in [3.05, 3.63) is 81.5 Å². The molecule has 1 aromatic heterocycles. The number of anilines is 2. The van der Waals surface area contributed by atoms with E-state index in [1.807, 2.05) is 29.3 Å². The van der Waals surface area contributed by atoms with Crippen LogP contribution in [0.15, 0.2) is 60.0 Å². The Labute approximate surface area is 197 Å². The zero-order chi connectivity index (χ0) is 23.4. The molecule has 1 saturated heterocycles. The zero-order valence-corrected chi connectivity index (χ0v) is 19.6. The number of nitrogens with one attached hydrogen (secondary N) is 2. The second kappa shape index (κ2) is 10.0. The molecule has 0 bridgehead atoms. The summed E-state index contributed by atoms with van der Waals surface area (Å²) in [6.45, 7) is 4.76. The third-order valence-electron chi connectivity index (χ3n) is 5.91. The van der Waals surface area contributed by atoms with Gasteiger partial charge in [-0.05, 0) is 86.5 Å². The summed E-state index contributed by atoms with van der Waals surface area (Å²) in [5.74, 6) is -0.451. The van der Waals surface area contributed by atoms with Gasteiger partial charge in [0, 0.05) is 35.1 Å². The largest absolute Gasteiger partial charge is 0.336 e. The number of thiophene rings is 1. The van der Waals surface area contributed by atoms with E-state index in [-0.39, 0.29) is 23.8 Å². The SMILES string of the molecule is Cc1cc(C(=O)N2CCCCC2C)ccc1NC(=O)c1cccc(NC(=O)c2cccs2)c1. The van der Waals surface area contributed by atoms with Crippen molar-refractivity contribution in [3.8, 4) is 0 Å². The molecule has 6 nitrogen and oxygen atoms in total. The van der Waals surface area contributed by atoms with E-state index >= 15 is 0 Å². The fourth-order valence-electron chi connectivity index (χ4n) is 4.04. The minimum absolute atomic E-state index is 0.0392. The van der Waals surface area contributed by atoms with Crippen molar-refractivity contribution in [2.75, 3.05) is 17.2 Å². The van der Waals surface area contributed by atoms with Crippen LogP contribution >= 0.6 is 11.3 Å². The number of benzene rings is 2. The van der Waals surface area contributed by atoms with Crippen LogP contribution in [0.4, 0.5) is 11.4 Å². The maximum atomic E-state index is 12.9. The van der Waals surface area contributed by atoms with Crippen molar-refractivity contribution < 1.29 is 14.4 Å². The van der Waals surface area contributed by atoms with Gasteiger partial charge in [0.1, 0.15) is 0 Å². The number of amides is 3. The van der Waals surface area contributed by atoms with Crippen LogP contribution in [-0.2, 0) is 0 Å². The number of carbonyl (C=O) groups is 3. The Balaban J connectivity index is 1.44. The molecule has 2 aromatic carbocycles. The highest BCUT2D eigenvalue weighted by Gasteiger charge is 2.24. The molecule has 0 spiro atoms. The Morgan fingerprint density at radius 1 is 0.939 bits per heavy atom. The average molecular weight is 462 g/mol. The van der Waals surface area contributed by atoms with Gasteiger partial charge >= 0.3 is 0 Å². The van der Waals surface area contributed by atoms with Crippen molar-refractivity contribution in [2.24, 2.45) is 0 Å². The Morgan fingerprint density at radius 3 is 2.52 bits per heavy atom. The standard InChI is InChI=1S/C26H27N3O3S/c1-17-15-20(26(32)29-13-4-3-7-18(29)2)11-12-22(17)28-24(30)19-8-5-9-21(16-19)27-25(31)23-10-6-14-33-23/h5-6,8-12,14-16,18H,3-4,7,13H2,1-2H3,(H,27,31)(H,28,30). The molecule has 4 rings (SSSR count). The lowest BCUT2D eigenvalue weighted by molar-refractivity contribution is 0.0635. The van der Waals surface area contributed by atoms with Gasteiger partial charge in [0.15, 0.2) is 0 Å². The van der Waals surface area contributed by atoms with E-state index < -0.39 is 0 Å². The van der Waals surface area contributed by atoms with Gasteiger partial charge in [-0.2, -0.15) is 0 Å². The van der Waals surface area contributed by atoms with Crippen molar-refractivity contribution in [2.45, 2.75) is 39.2 Å². The number of hydrogen-bond acceptors (Lipinski definition) is 4. The normalized spacial score (nSPS) is 15.7. The summed E-state index contributed by atoms with van der Waals surface area (Å²) in [6, 6.07) is 16.0. The molecule has 33 heavy (non-hydrogen) atoms. The molecular weight excluding hydrogens is 434 g/mol. The Hall–Kier alpha value is -3.45. The van der Waals surface area contributed by atoms with Crippen molar-refractivity contribution in [3.63, 3.8) is 0 Å². The van der Waals surface area contributed by atoms with Crippen LogP contribution < -0.4 is 10.6 Å². The topological polar surface area (TPSA) is 78.5 Å². The minimum atomic E-state index is -0.283. The first-order chi connectivity index (χ1) is 15.9. The lowest BCUT2D eigenvalue weighted by Crippen LogP contribution is -2.42. The number of rotatable bonds is 5. The highest BCUT2D eigenvalue weighted by molar-refractivity contribution is 7.12. The van der Waals surface area contributed by atoms with Gasteiger partial charge in [-0.15, -0.1) is 11.3 Å². The van der Waals surface area contributed by atoms with E-state index in [9.17, 15) is 14.4 Å². The molecule has 170 valence electrons. The van der Waals surface area contributed by atoms with Crippen LogP contribution in [0.1, 0.15) is 62.1 Å². The van der Waals surface area contributed by atoms with Crippen LogP contribution in [0.5, 0.6) is 0 Å². The van der Waals surface area contributed by atoms with Gasteiger partial charge in [0.2, 0.25) is 0 Å². The van der Waals surface area contributed by atoms with Gasteiger partial charge < -0.3 is 15.5 Å². The maximum absolute atomic E-state index is 12.9. The first kappa shape index (κ1) is 22.7. The number of carbonyl (C=O) groups excluding carboxylic acids is 3. The molecule has 0 saturated carbocycles. The smallest absolute Gasteiger partial charge is 0.265 e. The van der Waals surface area contributed by atoms with E-state index in [1.54, 1.807) is 42.5 Å². The molecule has 0 radical (unpaired) electrons. The fraction of sp³-hybridized carbons (Fsp3) is 0.269. The van der Waals surface area contributed by atoms with Crippen molar-refractivity contribution >= 4 is 40.4 Å². The highest BCUT2D eigenvalue weighted by Crippen LogP contribution is 2.23. The molecule has 7 heteroatoms. The van der Waals surface area contributed by atoms with Crippen molar-refractivity contribution in [1.82, 2.24) is 4.90 Å². The van der Waals surface area contributed by atoms with Gasteiger partial charge in [-0.25, -0.2) is 0 Å². The van der Waals surface area contributed by atoms with Gasteiger partial charge in [-0.1, -0.05) is 12.1 Å². The van der Waals surface area contributed by atoms with E-state index in [2.05, 4.69) is 17.6 Å². The second-order valence-electron chi connectivity index (χ2n) is 8.34. The number of hydrogen-bond donors (Lipinski definition) is 2. The monoisotopic (exact) mass is 461 g/mol. The van der Waals surface area contributed by atoms with Gasteiger partial charge in [-0.3, -0.25) is 14.4 Å². The lowest BCUT2D eigenvalue weighted by Gasteiger charge is -2.33. The van der Waals surface area contributed by atoms with Crippen LogP contribution in [-0.4, -0.2) is 35.2 Å². The number of likely N-dealkylation sites (tertiary alicyclic amines) is 1. The quantitative estimate of drug-likeness (QED) is 0.521. The molecule has 1 aliphatic rings.